The molecular formula is C8H8BrS. The van der Waals surface area contributed by atoms with E-state index in [1.54, 1.807) is 11.8 Å². The van der Waals surface area contributed by atoms with Gasteiger partial charge in [0.15, 0.2) is 0 Å². The van der Waals surface area contributed by atoms with Crippen LogP contribution in [0.4, 0.5) is 0 Å². The van der Waals surface area contributed by atoms with E-state index in [2.05, 4.69) is 35.2 Å². The molecule has 0 nitrogen and oxygen atoms in total. The van der Waals surface area contributed by atoms with Crippen LogP contribution in [0.1, 0.15) is 5.56 Å². The van der Waals surface area contributed by atoms with Crippen molar-refractivity contribution in [3.8, 4) is 0 Å². The van der Waals surface area contributed by atoms with Crippen LogP contribution in [-0.4, -0.2) is 6.26 Å². The fraction of sp³-hybridized carbons (Fsp3) is 0.125. The Morgan fingerprint density at radius 2 is 2.20 bits per heavy atom. The number of rotatable bonds is 1. The molecule has 0 bridgehead atoms. The second kappa shape index (κ2) is 3.44. The van der Waals surface area contributed by atoms with E-state index < -0.39 is 0 Å². The SMILES string of the molecule is [CH2]c1cccc(SC)c1Br. The van der Waals surface area contributed by atoms with Crippen molar-refractivity contribution >= 4 is 27.7 Å². The first-order chi connectivity index (χ1) is 4.75. The first-order valence-corrected chi connectivity index (χ1v) is 4.92. The number of hydrogen-bond acceptors (Lipinski definition) is 1. The molecule has 10 heavy (non-hydrogen) atoms. The fourth-order valence-corrected chi connectivity index (χ4v) is 1.99. The minimum atomic E-state index is 1.05. The van der Waals surface area contributed by atoms with Crippen molar-refractivity contribution < 1.29 is 0 Å². The van der Waals surface area contributed by atoms with Crippen molar-refractivity contribution in [2.45, 2.75) is 4.90 Å². The summed E-state index contributed by atoms with van der Waals surface area (Å²) in [5.74, 6) is 0. The number of hydrogen-bond donors (Lipinski definition) is 0. The average molecular weight is 216 g/mol. The lowest BCUT2D eigenvalue weighted by Gasteiger charge is -2.01. The molecule has 53 valence electrons. The van der Waals surface area contributed by atoms with Crippen LogP contribution >= 0.6 is 27.7 Å². The summed E-state index contributed by atoms with van der Waals surface area (Å²) in [6.07, 6.45) is 2.06. The molecule has 0 spiro atoms. The fourth-order valence-electron chi connectivity index (χ4n) is 0.714. The summed E-state index contributed by atoms with van der Waals surface area (Å²) in [5, 5.41) is 0. The highest BCUT2D eigenvalue weighted by Crippen LogP contribution is 2.27. The van der Waals surface area contributed by atoms with Crippen molar-refractivity contribution in [3.63, 3.8) is 0 Å². The lowest BCUT2D eigenvalue weighted by Crippen LogP contribution is -1.77. The molecule has 0 N–H and O–H groups in total. The van der Waals surface area contributed by atoms with Crippen LogP contribution in [-0.2, 0) is 0 Å². The van der Waals surface area contributed by atoms with E-state index >= 15 is 0 Å². The molecule has 0 heterocycles. The van der Waals surface area contributed by atoms with Crippen LogP contribution in [0, 0.1) is 6.92 Å². The van der Waals surface area contributed by atoms with Crippen LogP contribution in [0.3, 0.4) is 0 Å². The van der Waals surface area contributed by atoms with E-state index in [9.17, 15) is 0 Å². The molecule has 0 saturated carbocycles. The van der Waals surface area contributed by atoms with Crippen molar-refractivity contribution in [2.75, 3.05) is 6.26 Å². The first-order valence-electron chi connectivity index (χ1n) is 2.90. The Kier molecular flexibility index (Phi) is 2.81. The molecule has 1 aromatic carbocycles. The third kappa shape index (κ3) is 1.55. The van der Waals surface area contributed by atoms with Gasteiger partial charge >= 0.3 is 0 Å². The van der Waals surface area contributed by atoms with Crippen LogP contribution < -0.4 is 0 Å². The Hall–Kier alpha value is 0.0500. The van der Waals surface area contributed by atoms with Gasteiger partial charge in [-0.05, 0) is 40.7 Å². The minimum Gasteiger partial charge on any atom is -0.128 e. The van der Waals surface area contributed by atoms with Gasteiger partial charge in [0.25, 0.3) is 0 Å². The monoisotopic (exact) mass is 215 g/mol. The Bertz CT molecular complexity index is 233. The topological polar surface area (TPSA) is 0 Å². The highest BCUT2D eigenvalue weighted by Gasteiger charge is 1.98. The molecule has 2 heteroatoms. The van der Waals surface area contributed by atoms with Crippen LogP contribution in [0.15, 0.2) is 27.6 Å². The van der Waals surface area contributed by atoms with E-state index in [0.29, 0.717) is 0 Å². The molecule has 0 unspecified atom stereocenters. The summed E-state index contributed by atoms with van der Waals surface area (Å²) in [6, 6.07) is 6.08. The van der Waals surface area contributed by atoms with Gasteiger partial charge in [-0.1, -0.05) is 12.1 Å². The molecular weight excluding hydrogens is 208 g/mol. The average Bonchev–Trinajstić information content (AvgIpc) is 1.95. The van der Waals surface area contributed by atoms with Gasteiger partial charge < -0.3 is 0 Å². The van der Waals surface area contributed by atoms with Gasteiger partial charge in [0.05, 0.1) is 0 Å². The Morgan fingerprint density at radius 1 is 1.50 bits per heavy atom. The van der Waals surface area contributed by atoms with Crippen molar-refractivity contribution in [2.24, 2.45) is 0 Å². The van der Waals surface area contributed by atoms with Crippen molar-refractivity contribution in [3.05, 3.63) is 35.2 Å². The second-order valence-corrected chi connectivity index (χ2v) is 3.57. The van der Waals surface area contributed by atoms with Gasteiger partial charge in [0.2, 0.25) is 0 Å². The molecule has 0 fully saturated rings. The van der Waals surface area contributed by atoms with E-state index in [-0.39, 0.29) is 0 Å². The molecule has 0 saturated heterocycles. The van der Waals surface area contributed by atoms with Gasteiger partial charge in [0, 0.05) is 9.37 Å². The summed E-state index contributed by atoms with van der Waals surface area (Å²) in [4.78, 5) is 1.24. The van der Waals surface area contributed by atoms with Crippen molar-refractivity contribution in [1.82, 2.24) is 0 Å². The van der Waals surface area contributed by atoms with Gasteiger partial charge in [-0.2, -0.15) is 0 Å². The molecule has 0 aliphatic rings. The summed E-state index contributed by atoms with van der Waals surface area (Å²) in [5.41, 5.74) is 1.05. The zero-order valence-corrected chi connectivity index (χ0v) is 8.13. The molecule has 0 aliphatic carbocycles. The normalized spacial score (nSPS) is 9.90. The van der Waals surface area contributed by atoms with Crippen molar-refractivity contribution in [1.29, 1.82) is 0 Å². The molecule has 0 aliphatic heterocycles. The number of halogens is 1. The van der Waals surface area contributed by atoms with Gasteiger partial charge in [-0.15, -0.1) is 11.8 Å². The Morgan fingerprint density at radius 3 is 2.70 bits per heavy atom. The first kappa shape index (κ1) is 8.15. The van der Waals surface area contributed by atoms with E-state index in [0.717, 1.165) is 10.0 Å². The lowest BCUT2D eigenvalue weighted by molar-refractivity contribution is 1.37. The van der Waals surface area contributed by atoms with Crippen LogP contribution in [0.5, 0.6) is 0 Å². The van der Waals surface area contributed by atoms with E-state index in [1.165, 1.54) is 4.90 Å². The smallest absolute Gasteiger partial charge is 0.0343 e. The highest BCUT2D eigenvalue weighted by atomic mass is 79.9. The summed E-state index contributed by atoms with van der Waals surface area (Å²) < 4.78 is 1.11. The van der Waals surface area contributed by atoms with Gasteiger partial charge in [-0.25, -0.2) is 0 Å². The molecule has 1 radical (unpaired) electrons. The maximum Gasteiger partial charge on any atom is 0.0343 e. The maximum absolute atomic E-state index is 3.87. The second-order valence-electron chi connectivity index (χ2n) is 1.93. The lowest BCUT2D eigenvalue weighted by atomic mass is 10.2. The maximum atomic E-state index is 3.87. The number of thioether (sulfide) groups is 1. The third-order valence-electron chi connectivity index (χ3n) is 1.26. The summed E-state index contributed by atoms with van der Waals surface area (Å²) in [7, 11) is 0. The Balaban J connectivity index is 3.14. The zero-order valence-electron chi connectivity index (χ0n) is 5.73. The minimum absolute atomic E-state index is 1.05. The van der Waals surface area contributed by atoms with Crippen LogP contribution in [0.25, 0.3) is 0 Å². The zero-order chi connectivity index (χ0) is 7.56. The molecule has 1 aromatic rings. The van der Waals surface area contributed by atoms with E-state index in [4.69, 9.17) is 0 Å². The summed E-state index contributed by atoms with van der Waals surface area (Å²) in [6.45, 7) is 3.87. The van der Waals surface area contributed by atoms with Gasteiger partial charge in [0.1, 0.15) is 0 Å². The molecule has 0 amide bonds. The van der Waals surface area contributed by atoms with Gasteiger partial charge in [-0.3, -0.25) is 0 Å². The standard InChI is InChI=1S/C8H8BrS/c1-6-4-3-5-7(10-2)8(6)9/h3-5H,1H2,2H3. The van der Waals surface area contributed by atoms with Crippen LogP contribution in [0.2, 0.25) is 0 Å². The summed E-state index contributed by atoms with van der Waals surface area (Å²) >= 11 is 5.18. The largest absolute Gasteiger partial charge is 0.128 e. The Labute approximate surface area is 74.2 Å². The third-order valence-corrected chi connectivity index (χ3v) is 3.24. The van der Waals surface area contributed by atoms with E-state index in [1.807, 2.05) is 12.1 Å². The quantitative estimate of drug-likeness (QED) is 0.648. The predicted molar refractivity (Wildman–Crippen MR) is 50.4 cm³/mol. The highest BCUT2D eigenvalue weighted by molar-refractivity contribution is 9.10. The molecule has 1 rings (SSSR count). The predicted octanol–water partition coefficient (Wildman–Crippen LogP) is 3.35. The molecule has 0 aromatic heterocycles. The number of benzene rings is 1. The molecule has 0 atom stereocenters.